The number of benzene rings is 1. The molecular formula is C23H27N7. The second kappa shape index (κ2) is 8.28. The second-order valence-electron chi connectivity index (χ2n) is 8.08. The number of rotatable bonds is 6. The van der Waals surface area contributed by atoms with Crippen LogP contribution in [-0.4, -0.2) is 57.3 Å². The quantitative estimate of drug-likeness (QED) is 0.656. The van der Waals surface area contributed by atoms with E-state index in [2.05, 4.69) is 37.4 Å². The minimum absolute atomic E-state index is 0.649. The summed E-state index contributed by atoms with van der Waals surface area (Å²) in [5.74, 6) is 3.16. The van der Waals surface area contributed by atoms with Crippen LogP contribution >= 0.6 is 0 Å². The Labute approximate surface area is 176 Å². The van der Waals surface area contributed by atoms with Gasteiger partial charge in [-0.25, -0.2) is 9.97 Å². The summed E-state index contributed by atoms with van der Waals surface area (Å²) < 4.78 is 0. The van der Waals surface area contributed by atoms with Crippen molar-refractivity contribution in [2.24, 2.45) is 0 Å². The van der Waals surface area contributed by atoms with Crippen molar-refractivity contribution in [2.75, 3.05) is 36.4 Å². The molecule has 2 aliphatic rings. The molecule has 0 spiro atoms. The van der Waals surface area contributed by atoms with E-state index in [1.54, 1.807) is 0 Å². The first kappa shape index (κ1) is 18.8. The van der Waals surface area contributed by atoms with Gasteiger partial charge in [0, 0.05) is 37.0 Å². The molecular weight excluding hydrogens is 374 g/mol. The second-order valence-corrected chi connectivity index (χ2v) is 8.08. The number of hydrogen-bond donors (Lipinski definition) is 2. The summed E-state index contributed by atoms with van der Waals surface area (Å²) in [6, 6.07) is 14.9. The predicted octanol–water partition coefficient (Wildman–Crippen LogP) is 3.71. The van der Waals surface area contributed by atoms with Gasteiger partial charge in [0.2, 0.25) is 0 Å². The minimum atomic E-state index is 0.649. The van der Waals surface area contributed by atoms with Gasteiger partial charge in [0.05, 0.1) is 0 Å². The lowest BCUT2D eigenvalue weighted by Gasteiger charge is -2.44. The van der Waals surface area contributed by atoms with Crippen LogP contribution < -0.4 is 10.2 Å². The first-order valence-electron chi connectivity index (χ1n) is 10.6. The number of hydrogen-bond acceptors (Lipinski definition) is 6. The molecule has 0 aliphatic carbocycles. The smallest absolute Gasteiger partial charge is 0.156 e. The van der Waals surface area contributed by atoms with Gasteiger partial charge in [-0.3, -0.25) is 10.00 Å². The first-order chi connectivity index (χ1) is 14.7. The number of H-pyrrole nitrogens is 1. The van der Waals surface area contributed by atoms with Gasteiger partial charge in [-0.05, 0) is 44.5 Å². The van der Waals surface area contributed by atoms with E-state index in [-0.39, 0.29) is 0 Å². The van der Waals surface area contributed by atoms with Crippen molar-refractivity contribution in [1.82, 2.24) is 25.1 Å². The predicted molar refractivity (Wildman–Crippen MR) is 121 cm³/mol. The summed E-state index contributed by atoms with van der Waals surface area (Å²) in [5.41, 5.74) is 2.13. The average molecular weight is 402 g/mol. The molecule has 30 heavy (non-hydrogen) atoms. The van der Waals surface area contributed by atoms with E-state index in [0.29, 0.717) is 11.9 Å². The Bertz CT molecular complexity index is 1020. The van der Waals surface area contributed by atoms with Crippen molar-refractivity contribution >= 4 is 29.6 Å². The molecule has 0 radical (unpaired) electrons. The van der Waals surface area contributed by atoms with Crippen LogP contribution in [-0.2, 0) is 0 Å². The fraction of sp³-hybridized carbons (Fsp3) is 0.348. The van der Waals surface area contributed by atoms with Crippen molar-refractivity contribution in [3.63, 3.8) is 0 Å². The Morgan fingerprint density at radius 2 is 1.80 bits per heavy atom. The lowest BCUT2D eigenvalue weighted by molar-refractivity contribution is 0.204. The molecule has 154 valence electrons. The SMILES string of the molecule is Cc1cc(Nc2cc(N3CC(N4CCCC4)C3)nc(C=Cc3ccccc3)n2)n[nH]1. The van der Waals surface area contributed by atoms with E-state index in [1.807, 2.05) is 49.4 Å². The monoisotopic (exact) mass is 401 g/mol. The molecule has 0 unspecified atom stereocenters. The largest absolute Gasteiger partial charge is 0.353 e. The van der Waals surface area contributed by atoms with Gasteiger partial charge < -0.3 is 10.2 Å². The van der Waals surface area contributed by atoms with E-state index in [0.717, 1.165) is 41.8 Å². The number of nitrogens with zero attached hydrogens (tertiary/aromatic N) is 5. The van der Waals surface area contributed by atoms with Crippen LogP contribution in [0.2, 0.25) is 0 Å². The van der Waals surface area contributed by atoms with E-state index in [9.17, 15) is 0 Å². The van der Waals surface area contributed by atoms with Gasteiger partial charge in [-0.15, -0.1) is 0 Å². The molecule has 3 aromatic rings. The molecule has 0 amide bonds. The van der Waals surface area contributed by atoms with Crippen molar-refractivity contribution in [3.05, 3.63) is 59.5 Å². The number of aromatic amines is 1. The van der Waals surface area contributed by atoms with Gasteiger partial charge in [0.15, 0.2) is 11.6 Å². The van der Waals surface area contributed by atoms with E-state index >= 15 is 0 Å². The lowest BCUT2D eigenvalue weighted by Crippen LogP contribution is -2.59. The van der Waals surface area contributed by atoms with Gasteiger partial charge in [0.1, 0.15) is 11.6 Å². The van der Waals surface area contributed by atoms with Gasteiger partial charge in [0.25, 0.3) is 0 Å². The van der Waals surface area contributed by atoms with Gasteiger partial charge >= 0.3 is 0 Å². The average Bonchev–Trinajstić information content (AvgIpc) is 3.38. The van der Waals surface area contributed by atoms with Crippen molar-refractivity contribution in [1.29, 1.82) is 0 Å². The van der Waals surface area contributed by atoms with Crippen LogP contribution in [0.15, 0.2) is 42.5 Å². The van der Waals surface area contributed by atoms with E-state index in [1.165, 1.54) is 25.9 Å². The topological polar surface area (TPSA) is 73.0 Å². The summed E-state index contributed by atoms with van der Waals surface area (Å²) in [6.07, 6.45) is 6.67. The molecule has 7 nitrogen and oxygen atoms in total. The molecule has 2 aliphatic heterocycles. The number of nitrogens with one attached hydrogen (secondary N) is 2. The molecule has 7 heteroatoms. The summed E-state index contributed by atoms with van der Waals surface area (Å²) in [6.45, 7) is 6.51. The van der Waals surface area contributed by atoms with Crippen molar-refractivity contribution in [2.45, 2.75) is 25.8 Å². The molecule has 0 saturated carbocycles. The third-order valence-electron chi connectivity index (χ3n) is 5.76. The molecule has 4 heterocycles. The highest BCUT2D eigenvalue weighted by Crippen LogP contribution is 2.27. The van der Waals surface area contributed by atoms with Crippen molar-refractivity contribution in [3.8, 4) is 0 Å². The summed E-state index contributed by atoms with van der Waals surface area (Å²) in [7, 11) is 0. The van der Waals surface area contributed by atoms with E-state index < -0.39 is 0 Å². The Morgan fingerprint density at radius 3 is 2.53 bits per heavy atom. The molecule has 5 rings (SSSR count). The molecule has 2 aromatic heterocycles. The van der Waals surface area contributed by atoms with Gasteiger partial charge in [-0.1, -0.05) is 36.4 Å². The molecule has 1 aromatic carbocycles. The molecule has 2 saturated heterocycles. The van der Waals surface area contributed by atoms with Crippen LogP contribution in [0.25, 0.3) is 12.2 Å². The summed E-state index contributed by atoms with van der Waals surface area (Å²) in [4.78, 5) is 14.5. The van der Waals surface area contributed by atoms with Gasteiger partial charge in [-0.2, -0.15) is 5.10 Å². The van der Waals surface area contributed by atoms with Crippen LogP contribution in [0.3, 0.4) is 0 Å². The van der Waals surface area contributed by atoms with E-state index in [4.69, 9.17) is 9.97 Å². The standard InChI is InChI=1S/C23H27N7/c1-17-13-22(28-27-17)25-21-14-23(30-15-19(16-30)29-11-5-6-12-29)26-20(24-21)10-9-18-7-3-2-4-8-18/h2-4,7-10,13-14,19H,5-6,11-12,15-16H2,1H3,(H2,24,25,26,27,28). The maximum absolute atomic E-state index is 4.82. The van der Waals surface area contributed by atoms with Crippen molar-refractivity contribution < 1.29 is 0 Å². The Morgan fingerprint density at radius 1 is 1.00 bits per heavy atom. The zero-order valence-electron chi connectivity index (χ0n) is 17.3. The first-order valence-corrected chi connectivity index (χ1v) is 10.6. The number of aromatic nitrogens is 4. The normalized spacial score (nSPS) is 17.6. The van der Waals surface area contributed by atoms with Crippen LogP contribution in [0.5, 0.6) is 0 Å². The minimum Gasteiger partial charge on any atom is -0.353 e. The maximum Gasteiger partial charge on any atom is 0.156 e. The zero-order valence-corrected chi connectivity index (χ0v) is 17.3. The maximum atomic E-state index is 4.82. The molecule has 2 fully saturated rings. The van der Waals surface area contributed by atoms with Crippen LogP contribution in [0.4, 0.5) is 17.5 Å². The Kier molecular flexibility index (Phi) is 5.19. The molecule has 0 bridgehead atoms. The molecule has 0 atom stereocenters. The third-order valence-corrected chi connectivity index (χ3v) is 5.76. The zero-order chi connectivity index (χ0) is 20.3. The lowest BCUT2D eigenvalue weighted by atomic mass is 10.1. The number of likely N-dealkylation sites (tertiary alicyclic amines) is 1. The molecule has 2 N–H and O–H groups in total. The Hall–Kier alpha value is -3.19. The summed E-state index contributed by atoms with van der Waals surface area (Å²) >= 11 is 0. The number of anilines is 3. The summed E-state index contributed by atoms with van der Waals surface area (Å²) in [5, 5.41) is 10.5. The van der Waals surface area contributed by atoms with Crippen LogP contribution in [0.1, 0.15) is 29.9 Å². The fourth-order valence-corrected chi connectivity index (χ4v) is 4.08. The fourth-order valence-electron chi connectivity index (χ4n) is 4.08. The highest BCUT2D eigenvalue weighted by atomic mass is 15.3. The van der Waals surface area contributed by atoms with Crippen LogP contribution in [0, 0.1) is 6.92 Å². The highest BCUT2D eigenvalue weighted by molar-refractivity contribution is 5.69. The third kappa shape index (κ3) is 4.21. The Balaban J connectivity index is 1.37. The number of aryl methyl sites for hydroxylation is 1. The highest BCUT2D eigenvalue weighted by Gasteiger charge is 2.34.